The molecule has 0 saturated carbocycles. The maximum Gasteiger partial charge on any atom is 0.191 e. The first-order valence-electron chi connectivity index (χ1n) is 10.0. The van der Waals surface area contributed by atoms with E-state index in [4.69, 9.17) is 21.1 Å². The van der Waals surface area contributed by atoms with Crippen LogP contribution in [0, 0.1) is 5.92 Å². The summed E-state index contributed by atoms with van der Waals surface area (Å²) in [6.45, 7) is 6.91. The van der Waals surface area contributed by atoms with Crippen LogP contribution < -0.4 is 9.47 Å². The Balaban J connectivity index is 1.77. The minimum absolute atomic E-state index is 0.0145. The van der Waals surface area contributed by atoms with E-state index in [2.05, 4.69) is 24.0 Å². The fraction of sp³-hybridized carbons (Fsp3) is 0.348. The number of Topliss-reactive ketones (excluding diaryl/α,β-unsaturated/α-hetero) is 1. The van der Waals surface area contributed by atoms with Gasteiger partial charge in [-0.3, -0.25) is 4.79 Å². The van der Waals surface area contributed by atoms with Gasteiger partial charge in [0.2, 0.25) is 0 Å². The Bertz CT molecular complexity index is 1020. The van der Waals surface area contributed by atoms with Crippen molar-refractivity contribution >= 4 is 29.1 Å². The van der Waals surface area contributed by atoms with Crippen molar-refractivity contribution in [2.75, 3.05) is 12.9 Å². The van der Waals surface area contributed by atoms with E-state index in [1.165, 1.54) is 11.8 Å². The molecule has 164 valence electrons. The SMILES string of the molecule is COc1ccccc1OC(C)c1nnc(SCC(=O)c2ccc(Cl)cc2)n1CC(C)C. The monoisotopic (exact) mass is 459 g/mol. The number of ether oxygens (including phenoxy) is 2. The van der Waals surface area contributed by atoms with Gasteiger partial charge >= 0.3 is 0 Å². The minimum atomic E-state index is -0.344. The lowest BCUT2D eigenvalue weighted by atomic mass is 10.1. The van der Waals surface area contributed by atoms with E-state index in [0.29, 0.717) is 39.0 Å². The molecule has 0 aliphatic heterocycles. The zero-order valence-electron chi connectivity index (χ0n) is 18.0. The molecule has 0 saturated heterocycles. The van der Waals surface area contributed by atoms with Crippen molar-refractivity contribution in [1.29, 1.82) is 0 Å². The summed E-state index contributed by atoms with van der Waals surface area (Å²) in [4.78, 5) is 12.6. The van der Waals surface area contributed by atoms with Gasteiger partial charge in [-0.15, -0.1) is 10.2 Å². The molecule has 1 atom stereocenters. The van der Waals surface area contributed by atoms with E-state index in [-0.39, 0.29) is 17.6 Å². The number of halogens is 1. The lowest BCUT2D eigenvalue weighted by molar-refractivity contribution is 0.102. The molecule has 2 aromatic carbocycles. The Morgan fingerprint density at radius 2 is 1.74 bits per heavy atom. The molecule has 0 aliphatic rings. The van der Waals surface area contributed by atoms with Gasteiger partial charge in [0.1, 0.15) is 0 Å². The number of carbonyl (C=O) groups is 1. The van der Waals surface area contributed by atoms with Crippen molar-refractivity contribution in [2.24, 2.45) is 5.92 Å². The first-order valence-corrected chi connectivity index (χ1v) is 11.4. The van der Waals surface area contributed by atoms with Gasteiger partial charge in [-0.05, 0) is 49.2 Å². The van der Waals surface area contributed by atoms with Gasteiger partial charge < -0.3 is 14.0 Å². The lowest BCUT2D eigenvalue weighted by Crippen LogP contribution is -2.16. The van der Waals surface area contributed by atoms with E-state index in [0.717, 1.165) is 6.54 Å². The number of rotatable bonds is 10. The zero-order chi connectivity index (χ0) is 22.4. The molecular formula is C23H26ClN3O3S. The number of nitrogens with zero attached hydrogens (tertiary/aromatic N) is 3. The number of para-hydroxylation sites is 2. The number of ketones is 1. The molecule has 3 aromatic rings. The number of aromatic nitrogens is 3. The third-order valence-corrected chi connectivity index (χ3v) is 5.75. The second kappa shape index (κ2) is 10.7. The maximum atomic E-state index is 12.6. The van der Waals surface area contributed by atoms with E-state index >= 15 is 0 Å². The molecule has 0 aliphatic carbocycles. The average Bonchev–Trinajstić information content (AvgIpc) is 3.14. The Morgan fingerprint density at radius 3 is 2.39 bits per heavy atom. The predicted octanol–water partition coefficient (Wildman–Crippen LogP) is 5.71. The summed E-state index contributed by atoms with van der Waals surface area (Å²) >= 11 is 7.29. The van der Waals surface area contributed by atoms with Crippen LogP contribution in [0.15, 0.2) is 53.7 Å². The maximum absolute atomic E-state index is 12.6. The first-order chi connectivity index (χ1) is 14.9. The smallest absolute Gasteiger partial charge is 0.191 e. The molecule has 8 heteroatoms. The fourth-order valence-electron chi connectivity index (χ4n) is 3.05. The first kappa shape index (κ1) is 23.2. The van der Waals surface area contributed by atoms with Crippen molar-refractivity contribution in [1.82, 2.24) is 14.8 Å². The standard InChI is InChI=1S/C23H26ClN3O3S/c1-15(2)13-27-22(16(3)30-21-8-6-5-7-20(21)29-4)25-26-23(27)31-14-19(28)17-9-11-18(24)12-10-17/h5-12,15-16H,13-14H2,1-4H3. The topological polar surface area (TPSA) is 66.2 Å². The van der Waals surface area contributed by atoms with Crippen molar-refractivity contribution in [3.63, 3.8) is 0 Å². The van der Waals surface area contributed by atoms with Crippen molar-refractivity contribution in [3.8, 4) is 11.5 Å². The molecule has 0 spiro atoms. The van der Waals surface area contributed by atoms with Crippen molar-refractivity contribution < 1.29 is 14.3 Å². The van der Waals surface area contributed by atoms with Crippen LogP contribution in [0.25, 0.3) is 0 Å². The second-order valence-corrected chi connectivity index (χ2v) is 8.85. The molecule has 31 heavy (non-hydrogen) atoms. The van der Waals surface area contributed by atoms with Gasteiger partial charge in [0, 0.05) is 17.1 Å². The number of carbonyl (C=O) groups excluding carboxylic acids is 1. The van der Waals surface area contributed by atoms with E-state index in [1.54, 1.807) is 31.4 Å². The van der Waals surface area contributed by atoms with Crippen LogP contribution in [-0.4, -0.2) is 33.4 Å². The summed E-state index contributed by atoms with van der Waals surface area (Å²) in [5.74, 6) is 2.66. The average molecular weight is 460 g/mol. The van der Waals surface area contributed by atoms with Gasteiger partial charge in [-0.25, -0.2) is 0 Å². The number of hydrogen-bond donors (Lipinski definition) is 0. The highest BCUT2D eigenvalue weighted by Crippen LogP contribution is 2.31. The van der Waals surface area contributed by atoms with Crippen molar-refractivity contribution in [3.05, 3.63) is 64.9 Å². The van der Waals surface area contributed by atoms with Crippen molar-refractivity contribution in [2.45, 2.75) is 38.6 Å². The predicted molar refractivity (Wildman–Crippen MR) is 123 cm³/mol. The quantitative estimate of drug-likeness (QED) is 0.285. The van der Waals surface area contributed by atoms with E-state index in [9.17, 15) is 4.79 Å². The summed E-state index contributed by atoms with van der Waals surface area (Å²) in [5.41, 5.74) is 0.625. The molecule has 0 N–H and O–H groups in total. The molecule has 0 bridgehead atoms. The van der Waals surface area contributed by atoms with Crippen LogP contribution >= 0.6 is 23.4 Å². The van der Waals surface area contributed by atoms with Gasteiger partial charge in [0.15, 0.2) is 34.4 Å². The number of hydrogen-bond acceptors (Lipinski definition) is 6. The zero-order valence-corrected chi connectivity index (χ0v) is 19.6. The Morgan fingerprint density at radius 1 is 1.06 bits per heavy atom. The van der Waals surface area contributed by atoms with Crippen LogP contribution in [0.4, 0.5) is 0 Å². The number of methoxy groups -OCH3 is 1. The summed E-state index contributed by atoms with van der Waals surface area (Å²) in [5, 5.41) is 10.0. The molecule has 1 aromatic heterocycles. The van der Waals surface area contributed by atoms with E-state index < -0.39 is 0 Å². The highest BCUT2D eigenvalue weighted by atomic mass is 35.5. The van der Waals surface area contributed by atoms with Crippen LogP contribution in [0.5, 0.6) is 11.5 Å². The Labute approximate surface area is 191 Å². The van der Waals surface area contributed by atoms with Gasteiger partial charge in [-0.2, -0.15) is 0 Å². The number of thioether (sulfide) groups is 1. The van der Waals surface area contributed by atoms with Gasteiger partial charge in [-0.1, -0.05) is 49.3 Å². The minimum Gasteiger partial charge on any atom is -0.493 e. The third kappa shape index (κ3) is 6.02. The van der Waals surface area contributed by atoms with Crippen LogP contribution in [-0.2, 0) is 6.54 Å². The third-order valence-electron chi connectivity index (χ3n) is 4.53. The molecule has 0 amide bonds. The molecule has 6 nitrogen and oxygen atoms in total. The normalized spacial score (nSPS) is 12.1. The Hall–Kier alpha value is -2.51. The summed E-state index contributed by atoms with van der Waals surface area (Å²) < 4.78 is 13.5. The van der Waals surface area contributed by atoms with E-state index in [1.807, 2.05) is 35.8 Å². The van der Waals surface area contributed by atoms with Gasteiger partial charge in [0.25, 0.3) is 0 Å². The molecule has 1 unspecified atom stereocenters. The fourth-order valence-corrected chi connectivity index (χ4v) is 4.03. The summed E-state index contributed by atoms with van der Waals surface area (Å²) in [6.07, 6.45) is -0.344. The highest BCUT2D eigenvalue weighted by Gasteiger charge is 2.22. The number of benzene rings is 2. The highest BCUT2D eigenvalue weighted by molar-refractivity contribution is 7.99. The largest absolute Gasteiger partial charge is 0.493 e. The molecular weight excluding hydrogens is 434 g/mol. The van der Waals surface area contributed by atoms with Crippen LogP contribution in [0.2, 0.25) is 5.02 Å². The van der Waals surface area contributed by atoms with Gasteiger partial charge in [0.05, 0.1) is 12.9 Å². The molecule has 0 radical (unpaired) electrons. The molecule has 1 heterocycles. The Kier molecular flexibility index (Phi) is 7.98. The lowest BCUT2D eigenvalue weighted by Gasteiger charge is -2.19. The summed E-state index contributed by atoms with van der Waals surface area (Å²) in [6, 6.07) is 14.4. The van der Waals surface area contributed by atoms with Crippen LogP contribution in [0.1, 0.15) is 43.1 Å². The second-order valence-electron chi connectivity index (χ2n) is 7.47. The summed E-state index contributed by atoms with van der Waals surface area (Å²) in [7, 11) is 1.61. The molecule has 3 rings (SSSR count). The van der Waals surface area contributed by atoms with Crippen LogP contribution in [0.3, 0.4) is 0 Å². The molecule has 0 fully saturated rings.